The number of aliphatic imine (C=N–C) groups is 4. The standard InChI is InChI=1S/C49H83N19O7S/c1-30(2)25-34(50)40(70)64-35(17-9-21-59-46(51)52)41(71)65-36(18-10-22-60-47(53)54)42(72)66-37(19-11-23-61-48(55)56)43(73)67-38(20-12-24-62-49(57)58)44(74)68-39(26-31-13-5-3-6-14-31)45(75)63-33(27-69)29-76-28-32-15-7-4-8-16-32/h3-8,13-16,30,33-39,69H,9-12,17-29,50H2,1-2H3,(H,63,75)(H,64,70)(H,65,71)(H,66,72)(H,67,73)(H,68,74)(H4,51,52,59)(H4,53,54,60)(H4,55,56,61)(H4,57,58,62)/t33-,34+,35+,36+,37+,38+,39+/m1/s1. The first kappa shape index (κ1) is 64.7. The normalized spacial score (nSPS) is 13.6. The molecule has 76 heavy (non-hydrogen) atoms. The summed E-state index contributed by atoms with van der Waals surface area (Å²) in [5.74, 6) is -3.95. The molecule has 0 aliphatic carbocycles. The fourth-order valence-corrected chi connectivity index (χ4v) is 8.49. The second kappa shape index (κ2) is 36.5. The summed E-state index contributed by atoms with van der Waals surface area (Å²) in [7, 11) is 0. The van der Waals surface area contributed by atoms with E-state index in [1.165, 1.54) is 11.8 Å². The lowest BCUT2D eigenvalue weighted by atomic mass is 10.0. The number of guanidine groups is 4. The number of benzene rings is 2. The number of carbonyl (C=O) groups excluding carboxylic acids is 6. The second-order valence-corrected chi connectivity index (χ2v) is 19.4. The summed E-state index contributed by atoms with van der Waals surface area (Å²) in [6.45, 7) is 3.75. The summed E-state index contributed by atoms with van der Waals surface area (Å²) >= 11 is 1.52. The minimum Gasteiger partial charge on any atom is -0.394 e. The zero-order valence-corrected chi connectivity index (χ0v) is 44.5. The first-order chi connectivity index (χ1) is 36.2. The van der Waals surface area contributed by atoms with Gasteiger partial charge in [0.2, 0.25) is 35.4 Å². The molecular formula is C49H83N19O7S. The van der Waals surface area contributed by atoms with E-state index in [2.05, 4.69) is 51.9 Å². The number of nitrogens with zero attached hydrogens (tertiary/aromatic N) is 4. The lowest BCUT2D eigenvalue weighted by molar-refractivity contribution is -0.135. The molecule has 0 saturated carbocycles. The number of rotatable bonds is 37. The SMILES string of the molecule is CC(C)C[C@H](N)C(=O)N[C@@H](CCCN=C(N)N)C(=O)N[C@@H](CCCN=C(N)N)C(=O)N[C@@H](CCCN=C(N)N)C(=O)N[C@@H](CCCN=C(N)N)C(=O)N[C@@H](Cc1ccccc1)C(=O)N[C@H](CO)CSCc1ccccc1. The Morgan fingerprint density at radius 3 is 1.16 bits per heavy atom. The quantitative estimate of drug-likeness (QED) is 0.0179. The number of nitrogens with two attached hydrogens (primary N) is 9. The van der Waals surface area contributed by atoms with Crippen LogP contribution in [0.1, 0.15) is 82.8 Å². The predicted octanol–water partition coefficient (Wildman–Crippen LogP) is -3.35. The Morgan fingerprint density at radius 1 is 0.487 bits per heavy atom. The fourth-order valence-electron chi connectivity index (χ4n) is 7.47. The molecule has 0 bridgehead atoms. The smallest absolute Gasteiger partial charge is 0.243 e. The topological polar surface area (TPSA) is 478 Å². The van der Waals surface area contributed by atoms with Gasteiger partial charge in [-0.15, -0.1) is 0 Å². The van der Waals surface area contributed by atoms with E-state index in [-0.39, 0.29) is 120 Å². The molecule has 27 heteroatoms. The second-order valence-electron chi connectivity index (χ2n) is 18.4. The largest absolute Gasteiger partial charge is 0.394 e. The molecule has 7 atom stereocenters. The molecular weight excluding hydrogens is 999 g/mol. The lowest BCUT2D eigenvalue weighted by Crippen LogP contribution is -2.60. The minimum atomic E-state index is -1.36. The van der Waals surface area contributed by atoms with E-state index in [0.29, 0.717) is 23.5 Å². The van der Waals surface area contributed by atoms with Gasteiger partial charge in [0, 0.05) is 44.1 Å². The van der Waals surface area contributed by atoms with Crippen LogP contribution in [0.25, 0.3) is 0 Å². The van der Waals surface area contributed by atoms with Gasteiger partial charge >= 0.3 is 0 Å². The van der Waals surface area contributed by atoms with Crippen molar-refractivity contribution in [1.29, 1.82) is 0 Å². The van der Waals surface area contributed by atoms with Crippen molar-refractivity contribution in [3.8, 4) is 0 Å². The molecule has 25 N–H and O–H groups in total. The van der Waals surface area contributed by atoms with Crippen molar-refractivity contribution in [1.82, 2.24) is 31.9 Å². The molecule has 0 aliphatic heterocycles. The summed E-state index contributed by atoms with van der Waals surface area (Å²) in [6, 6.07) is 10.7. The van der Waals surface area contributed by atoms with Gasteiger partial charge in [-0.1, -0.05) is 74.5 Å². The average molecular weight is 1080 g/mol. The van der Waals surface area contributed by atoms with Crippen LogP contribution >= 0.6 is 11.8 Å². The van der Waals surface area contributed by atoms with Crippen molar-refractivity contribution in [2.75, 3.05) is 38.5 Å². The number of hydrogen-bond donors (Lipinski definition) is 16. The van der Waals surface area contributed by atoms with Crippen molar-refractivity contribution in [3.63, 3.8) is 0 Å². The fraction of sp³-hybridized carbons (Fsp3) is 0.551. The van der Waals surface area contributed by atoms with Crippen molar-refractivity contribution in [3.05, 3.63) is 71.8 Å². The zero-order valence-electron chi connectivity index (χ0n) is 43.7. The van der Waals surface area contributed by atoms with E-state index < -0.39 is 77.7 Å². The number of carbonyl (C=O) groups is 6. The maximum absolute atomic E-state index is 14.5. The van der Waals surface area contributed by atoms with E-state index in [1.807, 2.05) is 50.2 Å². The Morgan fingerprint density at radius 2 is 0.816 bits per heavy atom. The number of thioether (sulfide) groups is 1. The third-order valence-corrected chi connectivity index (χ3v) is 12.5. The highest BCUT2D eigenvalue weighted by atomic mass is 32.2. The Hall–Kier alpha value is -7.39. The van der Waals surface area contributed by atoms with Gasteiger partial charge in [-0.3, -0.25) is 48.7 Å². The molecule has 26 nitrogen and oxygen atoms in total. The van der Waals surface area contributed by atoms with E-state index in [1.54, 1.807) is 24.3 Å². The van der Waals surface area contributed by atoms with Gasteiger partial charge in [0.25, 0.3) is 0 Å². The van der Waals surface area contributed by atoms with Crippen LogP contribution in [0.3, 0.4) is 0 Å². The number of aliphatic hydroxyl groups excluding tert-OH is 1. The molecule has 0 fully saturated rings. The maximum atomic E-state index is 14.5. The predicted molar refractivity (Wildman–Crippen MR) is 298 cm³/mol. The molecule has 0 aromatic heterocycles. The third-order valence-electron chi connectivity index (χ3n) is 11.3. The highest BCUT2D eigenvalue weighted by Crippen LogP contribution is 2.14. The van der Waals surface area contributed by atoms with Crippen molar-refractivity contribution < 1.29 is 33.9 Å². The Kier molecular flexibility index (Phi) is 31.1. The Bertz CT molecular complexity index is 2210. The van der Waals surface area contributed by atoms with E-state index >= 15 is 0 Å². The van der Waals surface area contributed by atoms with Crippen LogP contribution in [-0.4, -0.2) is 145 Å². The van der Waals surface area contributed by atoms with Gasteiger partial charge in [-0.25, -0.2) is 0 Å². The first-order valence-electron chi connectivity index (χ1n) is 25.2. The van der Waals surface area contributed by atoms with Crippen molar-refractivity contribution >= 4 is 71.0 Å². The van der Waals surface area contributed by atoms with Crippen molar-refractivity contribution in [2.24, 2.45) is 77.5 Å². The summed E-state index contributed by atoms with van der Waals surface area (Å²) in [5.41, 5.74) is 52.3. The lowest BCUT2D eigenvalue weighted by Gasteiger charge is -2.28. The molecule has 6 amide bonds. The number of nitrogens with one attached hydrogen (secondary N) is 6. The van der Waals surface area contributed by atoms with E-state index in [9.17, 15) is 33.9 Å². The molecule has 0 unspecified atom stereocenters. The summed E-state index contributed by atoms with van der Waals surface area (Å²) in [6.07, 6.45) is 1.09. The minimum absolute atomic E-state index is 0.0291. The summed E-state index contributed by atoms with van der Waals surface area (Å²) < 4.78 is 0. The third kappa shape index (κ3) is 28.3. The number of hydrogen-bond acceptors (Lipinski definition) is 13. The highest BCUT2D eigenvalue weighted by Gasteiger charge is 2.33. The van der Waals surface area contributed by atoms with Crippen LogP contribution < -0.4 is 83.5 Å². The van der Waals surface area contributed by atoms with Gasteiger partial charge < -0.3 is 88.6 Å². The average Bonchev–Trinajstić information content (AvgIpc) is 3.36. The van der Waals surface area contributed by atoms with Crippen LogP contribution in [0.4, 0.5) is 0 Å². The van der Waals surface area contributed by atoms with Crippen LogP contribution in [0.15, 0.2) is 80.6 Å². The van der Waals surface area contributed by atoms with E-state index in [0.717, 1.165) is 5.56 Å². The molecule has 2 rings (SSSR count). The molecule has 2 aromatic carbocycles. The molecule has 2 aromatic rings. The molecule has 422 valence electrons. The number of aliphatic hydroxyl groups is 1. The van der Waals surface area contributed by atoms with Crippen LogP contribution in [0.5, 0.6) is 0 Å². The van der Waals surface area contributed by atoms with E-state index in [4.69, 9.17) is 51.6 Å². The Labute approximate surface area is 449 Å². The van der Waals surface area contributed by atoms with Gasteiger partial charge in [0.1, 0.15) is 30.2 Å². The molecule has 0 saturated heterocycles. The van der Waals surface area contributed by atoms with Crippen LogP contribution in [-0.2, 0) is 40.9 Å². The molecule has 0 aliphatic rings. The maximum Gasteiger partial charge on any atom is 0.243 e. The van der Waals surface area contributed by atoms with Gasteiger partial charge in [0.15, 0.2) is 23.8 Å². The van der Waals surface area contributed by atoms with Crippen molar-refractivity contribution in [2.45, 2.75) is 126 Å². The summed E-state index contributed by atoms with van der Waals surface area (Å²) in [4.78, 5) is 101. The first-order valence-corrected chi connectivity index (χ1v) is 26.4. The zero-order chi connectivity index (χ0) is 56.4. The monoisotopic (exact) mass is 1080 g/mol. The van der Waals surface area contributed by atoms with Crippen LogP contribution in [0, 0.1) is 5.92 Å². The molecule has 0 radical (unpaired) electrons. The Balaban J connectivity index is 2.52. The van der Waals surface area contributed by atoms with Gasteiger partial charge in [-0.05, 0) is 74.8 Å². The summed E-state index contributed by atoms with van der Waals surface area (Å²) in [5, 5.41) is 26.9. The number of amides is 6. The highest BCUT2D eigenvalue weighted by molar-refractivity contribution is 7.98. The van der Waals surface area contributed by atoms with Gasteiger partial charge in [-0.2, -0.15) is 11.8 Å². The van der Waals surface area contributed by atoms with Crippen LogP contribution in [0.2, 0.25) is 0 Å². The molecule has 0 heterocycles. The van der Waals surface area contributed by atoms with Gasteiger partial charge in [0.05, 0.1) is 18.7 Å². The molecule has 0 spiro atoms.